The summed E-state index contributed by atoms with van der Waals surface area (Å²) in [6.07, 6.45) is 1.76. The van der Waals surface area contributed by atoms with Gasteiger partial charge in [-0.3, -0.25) is 0 Å². The van der Waals surface area contributed by atoms with E-state index in [1.54, 1.807) is 18.2 Å². The summed E-state index contributed by atoms with van der Waals surface area (Å²) < 4.78 is 6.21. The second-order valence-electron chi connectivity index (χ2n) is 4.24. The second kappa shape index (κ2) is 5.24. The Kier molecular flexibility index (Phi) is 3.59. The van der Waals surface area contributed by atoms with Gasteiger partial charge in [0.05, 0.1) is 21.2 Å². The van der Waals surface area contributed by atoms with Crippen LogP contribution in [0.2, 0.25) is 10.0 Å². The van der Waals surface area contributed by atoms with Gasteiger partial charge in [0, 0.05) is 4.47 Å². The average molecular weight is 370 g/mol. The van der Waals surface area contributed by atoms with Crippen molar-refractivity contribution in [1.29, 1.82) is 0 Å². The molecule has 5 heteroatoms. The summed E-state index contributed by atoms with van der Waals surface area (Å²) in [5, 5.41) is 0.722. The molecule has 0 saturated carbocycles. The third kappa shape index (κ3) is 2.37. The third-order valence-electron chi connectivity index (χ3n) is 2.91. The molecule has 2 aromatic rings. The number of ether oxygens (including phenoxy) is 1. The highest BCUT2D eigenvalue weighted by Crippen LogP contribution is 2.40. The Morgan fingerprint density at radius 2 is 1.95 bits per heavy atom. The molecule has 0 bridgehead atoms. The molecule has 0 saturated heterocycles. The molecule has 1 aliphatic rings. The van der Waals surface area contributed by atoms with Crippen LogP contribution < -0.4 is 0 Å². The fourth-order valence-electron chi connectivity index (χ4n) is 2.02. The van der Waals surface area contributed by atoms with Gasteiger partial charge in [0.25, 0.3) is 0 Å². The lowest BCUT2D eigenvalue weighted by Crippen LogP contribution is -1.92. The van der Waals surface area contributed by atoms with Gasteiger partial charge in [0.1, 0.15) is 5.76 Å². The highest BCUT2D eigenvalue weighted by molar-refractivity contribution is 9.10. The lowest BCUT2D eigenvalue weighted by molar-refractivity contribution is 0.0717. The number of hydrogen-bond acceptors (Lipinski definition) is 2. The van der Waals surface area contributed by atoms with Crippen molar-refractivity contribution in [2.24, 2.45) is 0 Å². The van der Waals surface area contributed by atoms with Crippen molar-refractivity contribution in [3.05, 3.63) is 67.6 Å². The van der Waals surface area contributed by atoms with E-state index < -0.39 is 5.97 Å². The maximum Gasteiger partial charge on any atom is 0.344 e. The van der Waals surface area contributed by atoms with Crippen molar-refractivity contribution in [2.75, 3.05) is 0 Å². The Balaban J connectivity index is 2.16. The van der Waals surface area contributed by atoms with Gasteiger partial charge in [-0.05, 0) is 35.9 Å². The maximum absolute atomic E-state index is 11.8. The molecule has 1 heterocycles. The van der Waals surface area contributed by atoms with Crippen LogP contribution in [-0.2, 0) is 4.74 Å². The normalized spacial score (nSPS) is 15.3. The number of benzene rings is 2. The van der Waals surface area contributed by atoms with Gasteiger partial charge in [-0.15, -0.1) is 0 Å². The van der Waals surface area contributed by atoms with E-state index in [4.69, 9.17) is 27.9 Å². The molecule has 3 rings (SSSR count). The molecular weight excluding hydrogens is 363 g/mol. The molecular formula is C15H7BrCl2O2. The van der Waals surface area contributed by atoms with Crippen molar-refractivity contribution in [1.82, 2.24) is 0 Å². The van der Waals surface area contributed by atoms with E-state index in [2.05, 4.69) is 15.9 Å². The number of esters is 1. The topological polar surface area (TPSA) is 26.3 Å². The van der Waals surface area contributed by atoms with Crippen LogP contribution in [0, 0.1) is 0 Å². The van der Waals surface area contributed by atoms with Gasteiger partial charge in [-0.1, -0.05) is 51.3 Å². The quantitative estimate of drug-likeness (QED) is 0.627. The monoisotopic (exact) mass is 368 g/mol. The number of cyclic esters (lactones) is 1. The van der Waals surface area contributed by atoms with Gasteiger partial charge in [-0.25, -0.2) is 4.79 Å². The molecule has 0 radical (unpaired) electrons. The molecule has 0 amide bonds. The summed E-state index contributed by atoms with van der Waals surface area (Å²) in [5.41, 5.74) is 1.87. The largest absolute Gasteiger partial charge is 0.422 e. The van der Waals surface area contributed by atoms with Crippen molar-refractivity contribution in [3.63, 3.8) is 0 Å². The third-order valence-corrected chi connectivity index (χ3v) is 4.21. The number of fused-ring (bicyclic) bond motifs is 1. The van der Waals surface area contributed by atoms with Crippen molar-refractivity contribution in [3.8, 4) is 0 Å². The lowest BCUT2D eigenvalue weighted by Gasteiger charge is -2.03. The Labute approximate surface area is 134 Å². The lowest BCUT2D eigenvalue weighted by atomic mass is 10.1. The molecule has 0 atom stereocenters. The molecule has 0 aromatic heterocycles. The van der Waals surface area contributed by atoms with Crippen molar-refractivity contribution >= 4 is 56.9 Å². The van der Waals surface area contributed by atoms with Crippen molar-refractivity contribution in [2.45, 2.75) is 0 Å². The summed E-state index contributed by atoms with van der Waals surface area (Å²) in [6, 6.07) is 10.8. The summed E-state index contributed by atoms with van der Waals surface area (Å²) in [7, 11) is 0. The maximum atomic E-state index is 11.8. The first-order chi connectivity index (χ1) is 9.56. The fourth-order valence-corrected chi connectivity index (χ4v) is 2.85. The van der Waals surface area contributed by atoms with Crippen LogP contribution in [0.3, 0.4) is 0 Å². The zero-order chi connectivity index (χ0) is 14.3. The first kappa shape index (κ1) is 13.7. The summed E-state index contributed by atoms with van der Waals surface area (Å²) in [6.45, 7) is 0. The Morgan fingerprint density at radius 1 is 1.15 bits per heavy atom. The van der Waals surface area contributed by atoms with E-state index in [1.165, 1.54) is 0 Å². The molecule has 0 unspecified atom stereocenters. The summed E-state index contributed by atoms with van der Waals surface area (Å²) in [4.78, 5) is 11.8. The van der Waals surface area contributed by atoms with Crippen LogP contribution in [0.15, 0.2) is 40.9 Å². The van der Waals surface area contributed by atoms with Crippen molar-refractivity contribution < 1.29 is 9.53 Å². The first-order valence-electron chi connectivity index (χ1n) is 5.74. The SMILES string of the molecule is O=C1O/C(=C\c2cccc(Br)c2)c2c1ccc(Cl)c2Cl. The molecule has 0 spiro atoms. The minimum atomic E-state index is -0.417. The minimum absolute atomic E-state index is 0.330. The van der Waals surface area contributed by atoms with Gasteiger partial charge in [-0.2, -0.15) is 0 Å². The Hall–Kier alpha value is -1.29. The Bertz CT molecular complexity index is 754. The number of halogens is 3. The zero-order valence-corrected chi connectivity index (χ0v) is 13.1. The van der Waals surface area contributed by atoms with Crippen LogP contribution >= 0.6 is 39.1 Å². The average Bonchev–Trinajstić information content (AvgIpc) is 2.71. The van der Waals surface area contributed by atoms with E-state index in [-0.39, 0.29) is 0 Å². The van der Waals surface area contributed by atoms with E-state index in [0.29, 0.717) is 26.9 Å². The van der Waals surface area contributed by atoms with Crippen LogP contribution in [-0.4, -0.2) is 5.97 Å². The van der Waals surface area contributed by atoms with Crippen LogP contribution in [0.4, 0.5) is 0 Å². The van der Waals surface area contributed by atoms with Crippen LogP contribution in [0.1, 0.15) is 21.5 Å². The molecule has 0 N–H and O–H groups in total. The van der Waals surface area contributed by atoms with Crippen LogP contribution in [0.5, 0.6) is 0 Å². The van der Waals surface area contributed by atoms with E-state index in [1.807, 2.05) is 24.3 Å². The molecule has 1 aliphatic heterocycles. The van der Waals surface area contributed by atoms with Gasteiger partial charge < -0.3 is 4.74 Å². The molecule has 2 nitrogen and oxygen atoms in total. The summed E-state index contributed by atoms with van der Waals surface area (Å²) >= 11 is 15.6. The van der Waals surface area contributed by atoms with E-state index in [0.717, 1.165) is 10.0 Å². The second-order valence-corrected chi connectivity index (χ2v) is 5.94. The highest BCUT2D eigenvalue weighted by atomic mass is 79.9. The van der Waals surface area contributed by atoms with E-state index in [9.17, 15) is 4.79 Å². The standard InChI is InChI=1S/C15H7BrCl2O2/c16-9-3-1-2-8(6-9)7-12-13-10(15(19)20-12)4-5-11(17)14(13)18/h1-7H/b12-7-. The molecule has 0 fully saturated rings. The predicted octanol–water partition coefficient (Wildman–Crippen LogP) is 5.42. The number of carbonyl (C=O) groups excluding carboxylic acids is 1. The highest BCUT2D eigenvalue weighted by Gasteiger charge is 2.29. The van der Waals surface area contributed by atoms with Gasteiger partial charge in [0.15, 0.2) is 0 Å². The van der Waals surface area contributed by atoms with Gasteiger partial charge in [0.2, 0.25) is 0 Å². The minimum Gasteiger partial charge on any atom is -0.422 e. The molecule has 20 heavy (non-hydrogen) atoms. The predicted molar refractivity (Wildman–Crippen MR) is 83.9 cm³/mol. The number of hydrogen-bond donors (Lipinski definition) is 0. The number of carbonyl (C=O) groups is 1. The molecule has 2 aromatic carbocycles. The molecule has 100 valence electrons. The Morgan fingerprint density at radius 3 is 2.70 bits per heavy atom. The number of rotatable bonds is 1. The smallest absolute Gasteiger partial charge is 0.344 e. The summed E-state index contributed by atoms with van der Waals surface area (Å²) in [5.74, 6) is -0.00425. The first-order valence-corrected chi connectivity index (χ1v) is 7.29. The zero-order valence-electron chi connectivity index (χ0n) is 9.99. The van der Waals surface area contributed by atoms with Crippen LogP contribution in [0.25, 0.3) is 11.8 Å². The fraction of sp³-hybridized carbons (Fsp3) is 0. The molecule has 0 aliphatic carbocycles. The van der Waals surface area contributed by atoms with Gasteiger partial charge >= 0.3 is 5.97 Å². The van der Waals surface area contributed by atoms with E-state index >= 15 is 0 Å².